The van der Waals surface area contributed by atoms with Crippen molar-refractivity contribution in [3.05, 3.63) is 0 Å². The third-order valence-electron chi connectivity index (χ3n) is 16.3. The van der Waals surface area contributed by atoms with Crippen LogP contribution < -0.4 is 0 Å². The number of hydrogen-bond acceptors (Lipinski definition) is 2. The van der Waals surface area contributed by atoms with Gasteiger partial charge in [-0.1, -0.05) is 362 Å². The number of rotatable bonds is 64. The molecule has 0 aromatic carbocycles. The minimum Gasteiger partial charge on any atom is -0.199 e. The highest BCUT2D eigenvalue weighted by atomic mass is 31.1. The van der Waals surface area contributed by atoms with E-state index in [0.717, 1.165) is 0 Å². The lowest BCUT2D eigenvalue weighted by Gasteiger charge is -2.22. The second-order valence-electron chi connectivity index (χ2n) is 23.9. The third kappa shape index (κ3) is 78.1. The van der Waals surface area contributed by atoms with Gasteiger partial charge >= 0.3 is 0 Å². The van der Waals surface area contributed by atoms with Crippen molar-refractivity contribution in [2.45, 2.75) is 408 Å². The summed E-state index contributed by atoms with van der Waals surface area (Å²) in [6.07, 6.45) is 94.8. The Morgan fingerprint density at radius 2 is 0.267 bits per heavy atom. The van der Waals surface area contributed by atoms with Gasteiger partial charge in [0.05, 0.1) is 12.1 Å². The van der Waals surface area contributed by atoms with Gasteiger partial charge in [-0.25, -0.2) is 0 Å². The van der Waals surface area contributed by atoms with E-state index >= 15 is 0 Å². The highest BCUT2D eigenvalue weighted by molar-refractivity contribution is 7.58. The average molecular weight is 1090 g/mol. The molecule has 0 aromatic heterocycles. The minimum atomic E-state index is 0.272. The molecule has 448 valence electrons. The van der Waals surface area contributed by atoms with Gasteiger partial charge in [0.1, 0.15) is 0 Å². The van der Waals surface area contributed by atoms with Crippen molar-refractivity contribution in [2.75, 3.05) is 37.0 Å². The maximum absolute atomic E-state index is 7.32. The minimum absolute atomic E-state index is 0.272. The van der Waals surface area contributed by atoms with Crippen molar-refractivity contribution in [1.29, 1.82) is 10.5 Å². The number of nitriles is 2. The lowest BCUT2D eigenvalue weighted by Crippen LogP contribution is -2.02. The summed E-state index contributed by atoms with van der Waals surface area (Å²) in [5.41, 5.74) is 0. The highest BCUT2D eigenvalue weighted by Crippen LogP contribution is 2.44. The van der Waals surface area contributed by atoms with Gasteiger partial charge in [-0.2, -0.15) is 10.5 Å². The third-order valence-corrected chi connectivity index (χ3v) is 22.0. The second-order valence-corrected chi connectivity index (χ2v) is 29.2. The molecule has 0 saturated heterocycles. The van der Waals surface area contributed by atoms with Gasteiger partial charge in [-0.3, -0.25) is 0 Å². The molecule has 0 aliphatic rings. The molecular formula is C71H144N2P2. The Bertz CT molecular complexity index is 891. The van der Waals surface area contributed by atoms with Crippen molar-refractivity contribution < 1.29 is 0 Å². The van der Waals surface area contributed by atoms with Gasteiger partial charge < -0.3 is 0 Å². The second kappa shape index (κ2) is 78.1. The molecular weight excluding hydrogens is 943 g/mol. The van der Waals surface area contributed by atoms with Crippen LogP contribution >= 0.6 is 15.8 Å². The average Bonchev–Trinajstić information content (AvgIpc) is 3.41. The quantitative estimate of drug-likeness (QED) is 0.0450. The van der Waals surface area contributed by atoms with E-state index in [2.05, 4.69) is 27.7 Å². The van der Waals surface area contributed by atoms with Gasteiger partial charge in [-0.05, 0) is 69.1 Å². The summed E-state index contributed by atoms with van der Waals surface area (Å²) in [5, 5.41) is 14.6. The van der Waals surface area contributed by atoms with Gasteiger partial charge in [0.2, 0.25) is 0 Å². The van der Waals surface area contributed by atoms with Crippen LogP contribution in [0.5, 0.6) is 0 Å². The van der Waals surface area contributed by atoms with Crippen LogP contribution in [0.3, 0.4) is 0 Å². The first-order valence-electron chi connectivity index (χ1n) is 35.2. The molecule has 2 nitrogen and oxygen atoms in total. The van der Waals surface area contributed by atoms with Crippen molar-refractivity contribution in [1.82, 2.24) is 0 Å². The SMILES string of the molecule is CC#N.CC#N.CCCCCCCCCCCCCCCCP(CCCCCCCCCCCCCCCC)CCCP(CCCCCCCCCCCCCCCC)CCCCCCCCCCCCCCCC. The zero-order chi connectivity index (χ0) is 55.1. The first-order valence-corrected chi connectivity index (χ1v) is 39.0. The van der Waals surface area contributed by atoms with Crippen molar-refractivity contribution >= 4 is 15.8 Å². The van der Waals surface area contributed by atoms with Crippen LogP contribution in [0.25, 0.3) is 0 Å². The van der Waals surface area contributed by atoms with E-state index in [1.165, 1.54) is 348 Å². The van der Waals surface area contributed by atoms with Crippen LogP contribution in [-0.2, 0) is 0 Å². The molecule has 0 amide bonds. The Kier molecular flexibility index (Phi) is 82.3. The van der Waals surface area contributed by atoms with E-state index in [0.29, 0.717) is 0 Å². The smallest absolute Gasteiger partial charge is 0.0587 e. The summed E-state index contributed by atoms with van der Waals surface area (Å²) in [7, 11) is 0.545. The zero-order valence-corrected chi connectivity index (χ0v) is 55.1. The zero-order valence-electron chi connectivity index (χ0n) is 53.3. The summed E-state index contributed by atoms with van der Waals surface area (Å²) in [5.74, 6) is 0. The number of unbranched alkanes of at least 4 members (excludes halogenated alkanes) is 52. The van der Waals surface area contributed by atoms with Gasteiger partial charge in [0.25, 0.3) is 0 Å². The van der Waals surface area contributed by atoms with E-state index in [4.69, 9.17) is 10.5 Å². The van der Waals surface area contributed by atoms with E-state index in [1.54, 1.807) is 81.2 Å². The van der Waals surface area contributed by atoms with Crippen LogP contribution in [0.15, 0.2) is 0 Å². The standard InChI is InChI=1S/C67H138P2.2C2H3N/c1-5-9-13-17-21-25-29-33-37-41-45-49-53-57-62-68(63-58-54-50-46-42-38-34-30-26-22-18-14-10-6-2)66-61-67-69(64-59-55-51-47-43-39-35-31-27-23-19-15-11-7-3)65-60-56-52-48-44-40-36-32-28-24-20-16-12-8-4;2*1-2-3/h5-67H2,1-4H3;2*1H3. The Hall–Kier alpha value is -0.160. The van der Waals surface area contributed by atoms with Crippen LogP contribution in [0, 0.1) is 22.7 Å². The van der Waals surface area contributed by atoms with Crippen molar-refractivity contribution in [2.24, 2.45) is 0 Å². The molecule has 0 bridgehead atoms. The fourth-order valence-corrected chi connectivity index (χ4v) is 16.8. The Balaban J connectivity index is -0.00000820. The van der Waals surface area contributed by atoms with Crippen LogP contribution in [-0.4, -0.2) is 37.0 Å². The van der Waals surface area contributed by atoms with Crippen molar-refractivity contribution in [3.8, 4) is 12.1 Å². The van der Waals surface area contributed by atoms with Crippen LogP contribution in [0.2, 0.25) is 0 Å². The molecule has 4 heteroatoms. The molecule has 75 heavy (non-hydrogen) atoms. The molecule has 0 rings (SSSR count). The first kappa shape index (κ1) is 79.1. The molecule has 0 heterocycles. The lowest BCUT2D eigenvalue weighted by molar-refractivity contribution is 0.538. The summed E-state index contributed by atoms with van der Waals surface area (Å²) < 4.78 is 0. The highest BCUT2D eigenvalue weighted by Gasteiger charge is 2.13. The molecule has 0 aliphatic heterocycles. The summed E-state index contributed by atoms with van der Waals surface area (Å²) in [4.78, 5) is 0. The van der Waals surface area contributed by atoms with E-state index < -0.39 is 0 Å². The fourth-order valence-electron chi connectivity index (χ4n) is 11.3. The molecule has 0 unspecified atom stereocenters. The molecule has 0 aliphatic carbocycles. The van der Waals surface area contributed by atoms with E-state index in [1.807, 2.05) is 0 Å². The molecule has 0 aromatic rings. The summed E-state index contributed by atoms with van der Waals surface area (Å²) in [6, 6.07) is 3.50. The number of hydrogen-bond donors (Lipinski definition) is 0. The largest absolute Gasteiger partial charge is 0.199 e. The molecule has 0 atom stereocenters. The van der Waals surface area contributed by atoms with Gasteiger partial charge in [0, 0.05) is 13.8 Å². The van der Waals surface area contributed by atoms with Gasteiger partial charge in [0.15, 0.2) is 0 Å². The maximum atomic E-state index is 7.32. The Labute approximate surface area is 480 Å². The molecule has 0 radical (unpaired) electrons. The predicted octanol–water partition coefficient (Wildman–Crippen LogP) is 27.3. The van der Waals surface area contributed by atoms with Gasteiger partial charge in [-0.15, -0.1) is 15.8 Å². The molecule has 0 N–H and O–H groups in total. The predicted molar refractivity (Wildman–Crippen MR) is 351 cm³/mol. The maximum Gasteiger partial charge on any atom is 0.0587 e. The summed E-state index contributed by atoms with van der Waals surface area (Å²) >= 11 is 0. The van der Waals surface area contributed by atoms with Crippen LogP contribution in [0.4, 0.5) is 0 Å². The summed E-state index contributed by atoms with van der Waals surface area (Å²) in [6.45, 7) is 12.2. The first-order chi connectivity index (χ1) is 37.1. The fraction of sp³-hybridized carbons (Fsp3) is 0.972. The monoisotopic (exact) mass is 1090 g/mol. The Morgan fingerprint density at radius 1 is 0.173 bits per heavy atom. The van der Waals surface area contributed by atoms with Crippen LogP contribution in [0.1, 0.15) is 408 Å². The van der Waals surface area contributed by atoms with E-state index in [9.17, 15) is 0 Å². The molecule has 0 saturated carbocycles. The lowest BCUT2D eigenvalue weighted by atomic mass is 10.0. The number of nitrogens with zero attached hydrogens (tertiary/aromatic N) is 2. The van der Waals surface area contributed by atoms with E-state index in [-0.39, 0.29) is 15.8 Å². The molecule has 0 fully saturated rings. The molecule has 0 spiro atoms. The van der Waals surface area contributed by atoms with Crippen molar-refractivity contribution in [3.63, 3.8) is 0 Å². The normalized spacial score (nSPS) is 11.2. The Morgan fingerprint density at radius 3 is 0.387 bits per heavy atom. The topological polar surface area (TPSA) is 47.6 Å².